The molecule has 5 heteroatoms. The molecule has 0 spiro atoms. The van der Waals surface area contributed by atoms with Crippen LogP contribution in [0, 0.1) is 0 Å². The minimum Gasteiger partial charge on any atom is -0.335 e. The van der Waals surface area contributed by atoms with Crippen molar-refractivity contribution in [2.45, 2.75) is 31.2 Å². The number of likely N-dealkylation sites (tertiary alicyclic amines) is 1. The first kappa shape index (κ1) is 13.5. The number of nitrogens with two attached hydrogens (primary N) is 1. The number of amides is 1. The number of aromatic nitrogens is 2. The Morgan fingerprint density at radius 3 is 2.86 bits per heavy atom. The number of hydrogen-bond acceptors (Lipinski definition) is 3. The summed E-state index contributed by atoms with van der Waals surface area (Å²) in [6.07, 6.45) is 3.06. The van der Waals surface area contributed by atoms with Crippen molar-refractivity contribution in [1.29, 1.82) is 0 Å². The van der Waals surface area contributed by atoms with Crippen LogP contribution < -0.4 is 5.73 Å². The topological polar surface area (TPSA) is 75.0 Å². The van der Waals surface area contributed by atoms with Gasteiger partial charge in [0, 0.05) is 36.3 Å². The summed E-state index contributed by atoms with van der Waals surface area (Å²) >= 11 is 0. The summed E-state index contributed by atoms with van der Waals surface area (Å²) in [7, 11) is 0. The number of hydrogen-bond donors (Lipinski definition) is 2. The zero-order valence-corrected chi connectivity index (χ0v) is 12.5. The van der Waals surface area contributed by atoms with E-state index >= 15 is 0 Å². The Labute approximate surface area is 129 Å². The first-order chi connectivity index (χ1) is 10.7. The SMILES string of the molecule is N[C@@H]1CN(C(=O)c2n[nH]c3c2CCC3)C[C@H]1c1ccccc1. The van der Waals surface area contributed by atoms with Crippen LogP contribution in [-0.4, -0.2) is 40.1 Å². The van der Waals surface area contributed by atoms with E-state index in [-0.39, 0.29) is 17.9 Å². The Morgan fingerprint density at radius 1 is 1.23 bits per heavy atom. The van der Waals surface area contributed by atoms with Gasteiger partial charge in [0.2, 0.25) is 0 Å². The lowest BCUT2D eigenvalue weighted by Crippen LogP contribution is -2.32. The maximum atomic E-state index is 12.8. The van der Waals surface area contributed by atoms with Gasteiger partial charge in [-0.15, -0.1) is 0 Å². The highest BCUT2D eigenvalue weighted by Crippen LogP contribution is 2.29. The fourth-order valence-corrected chi connectivity index (χ4v) is 3.69. The van der Waals surface area contributed by atoms with Crippen molar-refractivity contribution in [3.8, 4) is 0 Å². The normalized spacial score (nSPS) is 23.8. The van der Waals surface area contributed by atoms with E-state index in [4.69, 9.17) is 5.73 Å². The number of nitrogens with one attached hydrogen (secondary N) is 1. The average Bonchev–Trinajstić information content (AvgIpc) is 3.22. The third-order valence-electron chi connectivity index (χ3n) is 4.89. The zero-order valence-electron chi connectivity index (χ0n) is 12.5. The maximum Gasteiger partial charge on any atom is 0.274 e. The van der Waals surface area contributed by atoms with E-state index in [1.54, 1.807) is 0 Å². The van der Waals surface area contributed by atoms with E-state index in [1.807, 2.05) is 23.1 Å². The Hall–Kier alpha value is -2.14. The minimum atomic E-state index is -0.0154. The summed E-state index contributed by atoms with van der Waals surface area (Å²) in [6, 6.07) is 10.2. The quantitative estimate of drug-likeness (QED) is 0.881. The molecule has 0 unspecified atom stereocenters. The van der Waals surface area contributed by atoms with Crippen molar-refractivity contribution in [2.75, 3.05) is 13.1 Å². The van der Waals surface area contributed by atoms with Gasteiger partial charge in [-0.2, -0.15) is 5.10 Å². The molecule has 0 radical (unpaired) electrons. The molecular weight excluding hydrogens is 276 g/mol. The number of aryl methyl sites for hydroxylation is 1. The number of fused-ring (bicyclic) bond motifs is 1. The van der Waals surface area contributed by atoms with E-state index in [0.29, 0.717) is 18.8 Å². The fourth-order valence-electron chi connectivity index (χ4n) is 3.69. The molecule has 5 nitrogen and oxygen atoms in total. The van der Waals surface area contributed by atoms with Gasteiger partial charge in [0.05, 0.1) is 0 Å². The van der Waals surface area contributed by atoms with Crippen molar-refractivity contribution in [1.82, 2.24) is 15.1 Å². The zero-order chi connectivity index (χ0) is 15.1. The molecule has 22 heavy (non-hydrogen) atoms. The molecule has 2 heterocycles. The van der Waals surface area contributed by atoms with E-state index in [0.717, 1.165) is 30.5 Å². The molecule has 1 amide bonds. The molecule has 2 aliphatic rings. The molecule has 4 rings (SSSR count). The van der Waals surface area contributed by atoms with Gasteiger partial charge in [-0.1, -0.05) is 30.3 Å². The van der Waals surface area contributed by atoms with E-state index in [1.165, 1.54) is 5.56 Å². The van der Waals surface area contributed by atoms with Crippen molar-refractivity contribution in [3.63, 3.8) is 0 Å². The van der Waals surface area contributed by atoms with Crippen molar-refractivity contribution in [2.24, 2.45) is 5.73 Å². The van der Waals surface area contributed by atoms with Crippen LogP contribution in [0.4, 0.5) is 0 Å². The second kappa shape index (κ2) is 5.25. The smallest absolute Gasteiger partial charge is 0.274 e. The maximum absolute atomic E-state index is 12.8. The Balaban J connectivity index is 1.55. The van der Waals surface area contributed by atoms with Crippen LogP contribution in [0.25, 0.3) is 0 Å². The predicted molar refractivity (Wildman–Crippen MR) is 83.7 cm³/mol. The average molecular weight is 296 g/mol. The minimum absolute atomic E-state index is 0.0154. The van der Waals surface area contributed by atoms with Crippen LogP contribution in [0.3, 0.4) is 0 Å². The monoisotopic (exact) mass is 296 g/mol. The van der Waals surface area contributed by atoms with Gasteiger partial charge < -0.3 is 10.6 Å². The molecular formula is C17H20N4O. The molecule has 3 N–H and O–H groups in total. The molecule has 1 aromatic heterocycles. The van der Waals surface area contributed by atoms with Gasteiger partial charge in [0.25, 0.3) is 5.91 Å². The largest absolute Gasteiger partial charge is 0.335 e. The summed E-state index contributed by atoms with van der Waals surface area (Å²) in [5, 5.41) is 7.26. The van der Waals surface area contributed by atoms with Gasteiger partial charge in [-0.3, -0.25) is 9.89 Å². The number of H-pyrrole nitrogens is 1. The fraction of sp³-hybridized carbons (Fsp3) is 0.412. The van der Waals surface area contributed by atoms with E-state index in [2.05, 4.69) is 22.3 Å². The molecule has 0 bridgehead atoms. The predicted octanol–water partition coefficient (Wildman–Crippen LogP) is 1.47. The van der Waals surface area contributed by atoms with Crippen molar-refractivity contribution < 1.29 is 4.79 Å². The molecule has 0 saturated carbocycles. The molecule has 1 fully saturated rings. The van der Waals surface area contributed by atoms with Gasteiger partial charge in [0.15, 0.2) is 5.69 Å². The number of carbonyl (C=O) groups excluding carboxylic acids is 1. The lowest BCUT2D eigenvalue weighted by molar-refractivity contribution is 0.0782. The summed E-state index contributed by atoms with van der Waals surface area (Å²) in [5.74, 6) is 0.227. The summed E-state index contributed by atoms with van der Waals surface area (Å²) in [4.78, 5) is 14.6. The molecule has 114 valence electrons. The first-order valence-electron chi connectivity index (χ1n) is 7.90. The summed E-state index contributed by atoms with van der Waals surface area (Å²) in [6.45, 7) is 1.27. The molecule has 1 aromatic carbocycles. The second-order valence-corrected chi connectivity index (χ2v) is 6.27. The molecule has 1 aliphatic carbocycles. The van der Waals surface area contributed by atoms with Crippen LogP contribution in [0.5, 0.6) is 0 Å². The Kier molecular flexibility index (Phi) is 3.22. The van der Waals surface area contributed by atoms with E-state index < -0.39 is 0 Å². The first-order valence-corrected chi connectivity index (χ1v) is 7.90. The number of nitrogens with zero attached hydrogens (tertiary/aromatic N) is 2. The van der Waals surface area contributed by atoms with Crippen molar-refractivity contribution >= 4 is 5.91 Å². The highest BCUT2D eigenvalue weighted by Gasteiger charge is 2.36. The molecule has 1 saturated heterocycles. The van der Waals surface area contributed by atoms with Gasteiger partial charge >= 0.3 is 0 Å². The third kappa shape index (κ3) is 2.13. The Morgan fingerprint density at radius 2 is 2.05 bits per heavy atom. The van der Waals surface area contributed by atoms with Crippen LogP contribution in [0.2, 0.25) is 0 Å². The lowest BCUT2D eigenvalue weighted by Gasteiger charge is -2.16. The third-order valence-corrected chi connectivity index (χ3v) is 4.89. The van der Waals surface area contributed by atoms with Crippen molar-refractivity contribution in [3.05, 3.63) is 52.8 Å². The van der Waals surface area contributed by atoms with Crippen LogP contribution in [-0.2, 0) is 12.8 Å². The highest BCUT2D eigenvalue weighted by molar-refractivity contribution is 5.94. The molecule has 2 aromatic rings. The number of carbonyl (C=O) groups is 1. The van der Waals surface area contributed by atoms with Gasteiger partial charge in [-0.05, 0) is 24.8 Å². The standard InChI is InChI=1S/C17H20N4O/c18-14-10-21(9-13(14)11-5-2-1-3-6-11)17(22)16-12-7-4-8-15(12)19-20-16/h1-3,5-6,13-14H,4,7-10,18H2,(H,19,20)/t13-,14+/m0/s1. The molecule has 1 aliphatic heterocycles. The number of rotatable bonds is 2. The highest BCUT2D eigenvalue weighted by atomic mass is 16.2. The number of aromatic amines is 1. The summed E-state index contributed by atoms with van der Waals surface area (Å²) < 4.78 is 0. The van der Waals surface area contributed by atoms with Crippen LogP contribution in [0.15, 0.2) is 30.3 Å². The van der Waals surface area contributed by atoms with Crippen LogP contribution >= 0.6 is 0 Å². The summed E-state index contributed by atoms with van der Waals surface area (Å²) in [5.41, 5.74) is 10.3. The lowest BCUT2D eigenvalue weighted by atomic mass is 9.95. The van der Waals surface area contributed by atoms with Gasteiger partial charge in [0.1, 0.15) is 0 Å². The Bertz CT molecular complexity index is 694. The molecule has 2 atom stereocenters. The van der Waals surface area contributed by atoms with Gasteiger partial charge in [-0.25, -0.2) is 0 Å². The number of benzene rings is 1. The van der Waals surface area contributed by atoms with E-state index in [9.17, 15) is 4.79 Å². The van der Waals surface area contributed by atoms with Crippen LogP contribution in [0.1, 0.15) is 39.6 Å². The second-order valence-electron chi connectivity index (χ2n) is 6.27.